The van der Waals surface area contributed by atoms with Crippen molar-refractivity contribution in [1.29, 1.82) is 0 Å². The Labute approximate surface area is 59.6 Å². The molecular weight excluding hydrogens is 128 g/mol. The van der Waals surface area contributed by atoms with Crippen LogP contribution in [0.3, 0.4) is 0 Å². The van der Waals surface area contributed by atoms with Crippen LogP contribution in [0.5, 0.6) is 0 Å². The monoisotopic (exact) mass is 140 g/mol. The van der Waals surface area contributed by atoms with Gasteiger partial charge in [-0.15, -0.1) is 6.42 Å². The van der Waals surface area contributed by atoms with Crippen molar-refractivity contribution in [3.63, 3.8) is 0 Å². The van der Waals surface area contributed by atoms with Gasteiger partial charge in [0.25, 0.3) is 0 Å². The van der Waals surface area contributed by atoms with Crippen molar-refractivity contribution in [3.05, 3.63) is 0 Å². The van der Waals surface area contributed by atoms with Gasteiger partial charge >= 0.3 is 0 Å². The summed E-state index contributed by atoms with van der Waals surface area (Å²) in [5.41, 5.74) is 0. The van der Waals surface area contributed by atoms with Crippen LogP contribution >= 0.6 is 10.5 Å². The molecule has 0 aromatic heterocycles. The predicted octanol–water partition coefficient (Wildman–Crippen LogP) is 1.87. The minimum atomic E-state index is 0.494. The van der Waals surface area contributed by atoms with E-state index < -0.39 is 0 Å². The molecule has 1 rings (SSSR count). The molecule has 0 nitrogen and oxygen atoms in total. The Morgan fingerprint density at radius 2 is 1.89 bits per heavy atom. The molecule has 0 N–H and O–H groups in total. The zero-order valence-corrected chi connectivity index (χ0v) is 6.41. The van der Waals surface area contributed by atoms with Crippen molar-refractivity contribution in [1.82, 2.24) is 0 Å². The van der Waals surface area contributed by atoms with Crippen molar-refractivity contribution in [3.8, 4) is 12.3 Å². The lowest BCUT2D eigenvalue weighted by molar-refractivity contribution is 0.764. The molecule has 1 heteroatoms. The van der Waals surface area contributed by atoms with Crippen molar-refractivity contribution in [2.45, 2.75) is 19.3 Å². The van der Waals surface area contributed by atoms with Gasteiger partial charge in [-0.25, -0.2) is 0 Å². The molecule has 0 aromatic rings. The van der Waals surface area contributed by atoms with Crippen LogP contribution in [-0.2, 0) is 0 Å². The van der Waals surface area contributed by atoms with Crippen LogP contribution in [-0.4, -0.2) is 16.9 Å². The van der Waals surface area contributed by atoms with Gasteiger partial charge in [0.05, 0.1) is 0 Å². The molecule has 0 bridgehead atoms. The minimum Gasteiger partial charge on any atom is -0.178 e. The summed E-state index contributed by atoms with van der Waals surface area (Å²) >= 11 is 0. The highest BCUT2D eigenvalue weighted by Gasteiger charge is 2.01. The summed E-state index contributed by atoms with van der Waals surface area (Å²) in [4.78, 5) is 0. The van der Waals surface area contributed by atoms with Gasteiger partial charge in [0.15, 0.2) is 0 Å². The highest BCUT2D eigenvalue weighted by Crippen LogP contribution is 2.22. The first-order valence-corrected chi connectivity index (χ1v) is 5.02. The lowest BCUT2D eigenvalue weighted by Crippen LogP contribution is -1.97. The summed E-state index contributed by atoms with van der Waals surface area (Å²) in [6.45, 7) is 0. The Hall–Kier alpha value is -0.220. The van der Waals surface area contributed by atoms with E-state index in [0.717, 1.165) is 0 Å². The third kappa shape index (κ3) is 2.24. The van der Waals surface area contributed by atoms with Crippen LogP contribution in [0.4, 0.5) is 0 Å². The second-order valence-electron chi connectivity index (χ2n) is 2.29. The van der Waals surface area contributed by atoms with E-state index >= 15 is 0 Å². The summed E-state index contributed by atoms with van der Waals surface area (Å²) in [5, 5.41) is 2.04. The SMILES string of the molecule is C#CC=S1CCCCC1. The van der Waals surface area contributed by atoms with Gasteiger partial charge in [-0.1, -0.05) is 12.3 Å². The van der Waals surface area contributed by atoms with E-state index in [2.05, 4.69) is 5.92 Å². The molecule has 1 saturated heterocycles. The first kappa shape index (κ1) is 6.89. The predicted molar refractivity (Wildman–Crippen MR) is 46.1 cm³/mol. The topological polar surface area (TPSA) is 0 Å². The number of hydrogen-bond acceptors (Lipinski definition) is 0. The summed E-state index contributed by atoms with van der Waals surface area (Å²) in [6, 6.07) is 0. The van der Waals surface area contributed by atoms with Crippen molar-refractivity contribution < 1.29 is 0 Å². The first-order valence-electron chi connectivity index (χ1n) is 3.39. The van der Waals surface area contributed by atoms with E-state index in [9.17, 15) is 0 Å². The Kier molecular flexibility index (Phi) is 2.86. The molecule has 50 valence electrons. The van der Waals surface area contributed by atoms with Crippen LogP contribution in [0.1, 0.15) is 19.3 Å². The Bertz CT molecular complexity index is 142. The standard InChI is InChI=1S/C8H12S/c1-2-6-9-7-4-3-5-8-9/h1,6H,3-5,7-8H2. The largest absolute Gasteiger partial charge is 0.178 e. The number of hydrogen-bond donors (Lipinski definition) is 0. The van der Waals surface area contributed by atoms with Gasteiger partial charge in [0.1, 0.15) is 0 Å². The normalized spacial score (nSPS) is 20.8. The van der Waals surface area contributed by atoms with E-state index in [1.54, 1.807) is 0 Å². The van der Waals surface area contributed by atoms with Crippen LogP contribution in [0.2, 0.25) is 0 Å². The summed E-state index contributed by atoms with van der Waals surface area (Å²) in [6.07, 6.45) is 9.36. The zero-order valence-electron chi connectivity index (χ0n) is 5.60. The highest BCUT2D eigenvalue weighted by atomic mass is 32.2. The van der Waals surface area contributed by atoms with E-state index in [1.807, 2.05) is 5.37 Å². The van der Waals surface area contributed by atoms with Gasteiger partial charge < -0.3 is 0 Å². The molecule has 0 saturated carbocycles. The van der Waals surface area contributed by atoms with Gasteiger partial charge in [-0.3, -0.25) is 0 Å². The Morgan fingerprint density at radius 1 is 1.22 bits per heavy atom. The summed E-state index contributed by atoms with van der Waals surface area (Å²) in [7, 11) is 0.494. The molecule has 9 heavy (non-hydrogen) atoms. The Morgan fingerprint density at radius 3 is 2.44 bits per heavy atom. The molecule has 1 heterocycles. The van der Waals surface area contributed by atoms with Gasteiger partial charge in [-0.2, -0.15) is 10.5 Å². The average molecular weight is 140 g/mol. The molecule has 1 aliphatic rings. The molecule has 0 atom stereocenters. The van der Waals surface area contributed by atoms with Crippen molar-refractivity contribution >= 4 is 15.9 Å². The maximum absolute atomic E-state index is 5.16. The van der Waals surface area contributed by atoms with Crippen LogP contribution in [0.25, 0.3) is 0 Å². The molecule has 0 radical (unpaired) electrons. The average Bonchev–Trinajstić information content (AvgIpc) is 1.91. The molecule has 1 aliphatic heterocycles. The molecular formula is C8H12S. The maximum Gasteiger partial charge on any atom is 0.0113 e. The Balaban J connectivity index is 2.42. The van der Waals surface area contributed by atoms with E-state index in [1.165, 1.54) is 30.8 Å². The van der Waals surface area contributed by atoms with Crippen molar-refractivity contribution in [2.75, 3.05) is 11.5 Å². The van der Waals surface area contributed by atoms with E-state index in [4.69, 9.17) is 6.42 Å². The van der Waals surface area contributed by atoms with Crippen LogP contribution < -0.4 is 0 Å². The highest BCUT2D eigenvalue weighted by molar-refractivity contribution is 8.15. The van der Waals surface area contributed by atoms with Gasteiger partial charge in [0, 0.05) is 5.37 Å². The lowest BCUT2D eigenvalue weighted by atomic mass is 10.3. The smallest absolute Gasteiger partial charge is 0.0113 e. The van der Waals surface area contributed by atoms with Crippen LogP contribution in [0.15, 0.2) is 0 Å². The quantitative estimate of drug-likeness (QED) is 0.356. The fourth-order valence-electron chi connectivity index (χ4n) is 1.07. The molecule has 0 aliphatic carbocycles. The maximum atomic E-state index is 5.16. The molecule has 0 spiro atoms. The third-order valence-corrected chi connectivity index (χ3v) is 3.64. The summed E-state index contributed by atoms with van der Waals surface area (Å²) in [5.74, 6) is 5.33. The second kappa shape index (κ2) is 3.74. The summed E-state index contributed by atoms with van der Waals surface area (Å²) < 4.78 is 0. The van der Waals surface area contributed by atoms with Crippen LogP contribution in [0, 0.1) is 12.3 Å². The van der Waals surface area contributed by atoms with Crippen molar-refractivity contribution in [2.24, 2.45) is 0 Å². The van der Waals surface area contributed by atoms with E-state index in [-0.39, 0.29) is 0 Å². The third-order valence-electron chi connectivity index (χ3n) is 1.55. The fourth-order valence-corrected chi connectivity index (χ4v) is 2.85. The van der Waals surface area contributed by atoms with Gasteiger partial charge in [0.2, 0.25) is 0 Å². The lowest BCUT2D eigenvalue weighted by Gasteiger charge is -2.13. The van der Waals surface area contributed by atoms with Gasteiger partial charge in [-0.05, 0) is 24.3 Å². The number of rotatable bonds is 0. The first-order chi connectivity index (χ1) is 4.43. The molecule has 1 fully saturated rings. The molecule has 0 amide bonds. The number of terminal acetylenes is 1. The second-order valence-corrected chi connectivity index (χ2v) is 4.42. The minimum absolute atomic E-state index is 0.494. The molecule has 0 aromatic carbocycles. The zero-order chi connectivity index (χ0) is 6.53. The van der Waals surface area contributed by atoms with E-state index in [0.29, 0.717) is 10.5 Å². The molecule has 0 unspecified atom stereocenters. The fraction of sp³-hybridized carbons (Fsp3) is 0.625.